The highest BCUT2D eigenvalue weighted by atomic mass is 16.7. The van der Waals surface area contributed by atoms with Gasteiger partial charge in [0.15, 0.2) is 0 Å². The molecule has 0 aromatic rings. The Bertz CT molecular complexity index is 821. The summed E-state index contributed by atoms with van der Waals surface area (Å²) < 4.78 is 5.90. The van der Waals surface area contributed by atoms with E-state index in [4.69, 9.17) is 9.57 Å². The van der Waals surface area contributed by atoms with Crippen molar-refractivity contribution in [1.82, 2.24) is 9.96 Å². The number of hydrogen-bond donors (Lipinski definition) is 0. The molecule has 6 nitrogen and oxygen atoms in total. The van der Waals surface area contributed by atoms with Crippen molar-refractivity contribution < 1.29 is 19.2 Å². The van der Waals surface area contributed by atoms with Crippen molar-refractivity contribution in [2.75, 3.05) is 33.9 Å². The number of rotatable bonds is 45. The van der Waals surface area contributed by atoms with E-state index in [1.165, 1.54) is 167 Å². The van der Waals surface area contributed by atoms with Crippen LogP contribution < -0.4 is 0 Å². The molecule has 334 valence electrons. The lowest BCUT2D eigenvalue weighted by Gasteiger charge is -2.31. The van der Waals surface area contributed by atoms with Crippen molar-refractivity contribution in [3.8, 4) is 0 Å². The normalized spacial score (nSPS) is 12.7. The molecule has 0 heterocycles. The maximum absolute atomic E-state index is 13.8. The van der Waals surface area contributed by atoms with Crippen LogP contribution in [0.3, 0.4) is 0 Å². The third kappa shape index (κ3) is 37.2. The first-order valence-electron chi connectivity index (χ1n) is 25.1. The van der Waals surface area contributed by atoms with Crippen LogP contribution in [0.5, 0.6) is 0 Å². The number of unbranched alkanes of at least 4 members (excludes halogenated alkanes) is 25. The zero-order chi connectivity index (χ0) is 41.2. The number of carbonyl (C=O) groups is 2. The highest BCUT2D eigenvalue weighted by molar-refractivity contribution is 5.75. The molecular weight excluding hydrogens is 693 g/mol. The summed E-state index contributed by atoms with van der Waals surface area (Å²) in [5, 5.41) is 1.84. The van der Waals surface area contributed by atoms with E-state index in [0.717, 1.165) is 64.3 Å². The van der Waals surface area contributed by atoms with Gasteiger partial charge in [-0.05, 0) is 77.9 Å². The van der Waals surface area contributed by atoms with Crippen LogP contribution in [0.25, 0.3) is 0 Å². The molecule has 0 N–H and O–H groups in total. The van der Waals surface area contributed by atoms with Crippen LogP contribution in [0.2, 0.25) is 0 Å². The summed E-state index contributed by atoms with van der Waals surface area (Å²) in [4.78, 5) is 35.3. The summed E-state index contributed by atoms with van der Waals surface area (Å²) >= 11 is 0. The first-order valence-corrected chi connectivity index (χ1v) is 25.1. The molecule has 0 bridgehead atoms. The monoisotopic (exact) mass is 793 g/mol. The van der Waals surface area contributed by atoms with Crippen molar-refractivity contribution >= 4 is 11.9 Å². The maximum atomic E-state index is 13.8. The molecule has 0 radical (unpaired) electrons. The van der Waals surface area contributed by atoms with Gasteiger partial charge in [-0.15, -0.1) is 0 Å². The predicted octanol–water partition coefficient (Wildman–Crippen LogP) is 15.3. The van der Waals surface area contributed by atoms with Crippen molar-refractivity contribution in [3.05, 3.63) is 0 Å². The van der Waals surface area contributed by atoms with E-state index in [9.17, 15) is 9.59 Å². The Labute approximate surface area is 351 Å². The lowest BCUT2D eigenvalue weighted by Crippen LogP contribution is -2.40. The summed E-state index contributed by atoms with van der Waals surface area (Å²) in [6.45, 7) is 11.3. The number of amides is 1. The topological polar surface area (TPSA) is 59.1 Å². The number of hydroxylamine groups is 2. The molecule has 2 unspecified atom stereocenters. The second kappa shape index (κ2) is 43.4. The lowest BCUT2D eigenvalue weighted by atomic mass is 9.95. The SMILES string of the molecule is CCCCCCCCCCON(C(=O)CCCCN(C)C)C(CCCCCCCCCC)CCCCCC(=O)OCC(CCCCCC)CCCCCCCC. The molecule has 1 amide bonds. The molecule has 2 atom stereocenters. The van der Waals surface area contributed by atoms with E-state index >= 15 is 0 Å². The Morgan fingerprint density at radius 3 is 1.32 bits per heavy atom. The molecule has 0 aromatic carbocycles. The molecule has 0 fully saturated rings. The van der Waals surface area contributed by atoms with Crippen LogP contribution in [0.4, 0.5) is 0 Å². The maximum Gasteiger partial charge on any atom is 0.305 e. The van der Waals surface area contributed by atoms with Gasteiger partial charge in [0.05, 0.1) is 19.3 Å². The van der Waals surface area contributed by atoms with E-state index in [1.54, 1.807) is 0 Å². The molecule has 0 aromatic heterocycles. The highest BCUT2D eigenvalue weighted by Gasteiger charge is 2.24. The molecule has 0 spiro atoms. The van der Waals surface area contributed by atoms with Gasteiger partial charge in [-0.25, -0.2) is 5.06 Å². The number of hydrogen-bond acceptors (Lipinski definition) is 5. The molecular formula is C50H100N2O4. The average Bonchev–Trinajstić information content (AvgIpc) is 3.19. The Kier molecular flexibility index (Phi) is 42.6. The standard InChI is InChI=1S/C50H100N2O4/c1-7-11-15-19-22-24-27-32-40-48(52(49(53)42-35-36-44-51(5)6)56-45-37-28-25-23-20-16-12-8-2)41-33-29-34-43-50(54)55-46-47(38-30-18-14-10-4)39-31-26-21-17-13-9-3/h47-48H,7-46H2,1-6H3. The summed E-state index contributed by atoms with van der Waals surface area (Å²) in [5.74, 6) is 0.656. The van der Waals surface area contributed by atoms with Gasteiger partial charge in [0.1, 0.15) is 0 Å². The second-order valence-corrected chi connectivity index (χ2v) is 17.8. The Balaban J connectivity index is 5.16. The van der Waals surface area contributed by atoms with Gasteiger partial charge in [-0.2, -0.15) is 0 Å². The van der Waals surface area contributed by atoms with E-state index in [2.05, 4.69) is 46.7 Å². The lowest BCUT2D eigenvalue weighted by molar-refractivity contribution is -0.203. The van der Waals surface area contributed by atoms with E-state index < -0.39 is 0 Å². The van der Waals surface area contributed by atoms with Crippen LogP contribution in [0, 0.1) is 5.92 Å². The number of carbonyl (C=O) groups excluding carboxylic acids is 2. The minimum absolute atomic E-state index is 0.0229. The highest BCUT2D eigenvalue weighted by Crippen LogP contribution is 2.23. The molecule has 0 aliphatic heterocycles. The zero-order valence-electron chi connectivity index (χ0n) is 39.0. The van der Waals surface area contributed by atoms with Crippen molar-refractivity contribution in [3.63, 3.8) is 0 Å². The van der Waals surface area contributed by atoms with Crippen LogP contribution in [-0.4, -0.2) is 61.7 Å². The van der Waals surface area contributed by atoms with Gasteiger partial charge in [0.25, 0.3) is 0 Å². The fraction of sp³-hybridized carbons (Fsp3) is 0.960. The first-order chi connectivity index (χ1) is 27.4. The van der Waals surface area contributed by atoms with Crippen molar-refractivity contribution in [1.29, 1.82) is 0 Å². The molecule has 0 saturated carbocycles. The van der Waals surface area contributed by atoms with Gasteiger partial charge < -0.3 is 9.64 Å². The minimum Gasteiger partial charge on any atom is -0.465 e. The summed E-state index contributed by atoms with van der Waals surface area (Å²) in [7, 11) is 4.20. The van der Waals surface area contributed by atoms with Gasteiger partial charge in [0.2, 0.25) is 5.91 Å². The second-order valence-electron chi connectivity index (χ2n) is 17.8. The van der Waals surface area contributed by atoms with E-state index in [1.807, 2.05) is 5.06 Å². The molecule has 0 saturated heterocycles. The van der Waals surface area contributed by atoms with Crippen molar-refractivity contribution in [2.24, 2.45) is 5.92 Å². The van der Waals surface area contributed by atoms with E-state index in [-0.39, 0.29) is 17.9 Å². The minimum atomic E-state index is -0.0229. The fourth-order valence-electron chi connectivity index (χ4n) is 7.98. The molecule has 6 heteroatoms. The number of esters is 1. The van der Waals surface area contributed by atoms with Crippen LogP contribution in [0.15, 0.2) is 0 Å². The van der Waals surface area contributed by atoms with Crippen LogP contribution >= 0.6 is 0 Å². The van der Waals surface area contributed by atoms with Gasteiger partial charge in [-0.3, -0.25) is 14.4 Å². The summed E-state index contributed by atoms with van der Waals surface area (Å²) in [6, 6.07) is 0.118. The third-order valence-electron chi connectivity index (χ3n) is 11.8. The van der Waals surface area contributed by atoms with Crippen LogP contribution in [-0.2, 0) is 19.2 Å². The van der Waals surface area contributed by atoms with Crippen LogP contribution in [0.1, 0.15) is 265 Å². The Morgan fingerprint density at radius 1 is 0.446 bits per heavy atom. The van der Waals surface area contributed by atoms with Gasteiger partial charge in [0, 0.05) is 12.8 Å². The number of ether oxygens (including phenoxy) is 1. The third-order valence-corrected chi connectivity index (χ3v) is 11.8. The number of nitrogens with zero attached hydrogens (tertiary/aromatic N) is 2. The quantitative estimate of drug-likeness (QED) is 0.0349. The fourth-order valence-corrected chi connectivity index (χ4v) is 7.98. The van der Waals surface area contributed by atoms with Crippen molar-refractivity contribution in [2.45, 2.75) is 271 Å². The Hall–Kier alpha value is -1.14. The molecule has 56 heavy (non-hydrogen) atoms. The molecule has 0 rings (SSSR count). The first kappa shape index (κ1) is 54.9. The summed E-state index contributed by atoms with van der Waals surface area (Å²) in [6.07, 6.45) is 43.6. The predicted molar refractivity (Wildman–Crippen MR) is 243 cm³/mol. The van der Waals surface area contributed by atoms with Gasteiger partial charge >= 0.3 is 5.97 Å². The molecule has 0 aliphatic rings. The average molecular weight is 793 g/mol. The van der Waals surface area contributed by atoms with Gasteiger partial charge in [-0.1, -0.05) is 201 Å². The smallest absolute Gasteiger partial charge is 0.305 e. The van der Waals surface area contributed by atoms with E-state index in [0.29, 0.717) is 32.0 Å². The Morgan fingerprint density at radius 2 is 0.839 bits per heavy atom. The zero-order valence-corrected chi connectivity index (χ0v) is 39.0. The summed E-state index contributed by atoms with van der Waals surface area (Å²) in [5.41, 5.74) is 0. The molecule has 0 aliphatic carbocycles. The largest absolute Gasteiger partial charge is 0.465 e.